The van der Waals surface area contributed by atoms with E-state index in [0.29, 0.717) is 30.5 Å². The van der Waals surface area contributed by atoms with Gasteiger partial charge in [0.1, 0.15) is 11.4 Å². The first-order valence-electron chi connectivity index (χ1n) is 9.71. The first-order valence-corrected chi connectivity index (χ1v) is 9.71. The summed E-state index contributed by atoms with van der Waals surface area (Å²) in [5.41, 5.74) is 0.529. The molecule has 4 rings (SSSR count). The first kappa shape index (κ1) is 19.3. The summed E-state index contributed by atoms with van der Waals surface area (Å²) in [5.74, 6) is -0.874. The van der Waals surface area contributed by atoms with Gasteiger partial charge in [0.25, 0.3) is 5.91 Å². The molecule has 0 saturated heterocycles. The number of hydrogen-bond donors (Lipinski definition) is 0. The molecule has 2 heterocycles. The molecule has 0 aliphatic carbocycles. The summed E-state index contributed by atoms with van der Waals surface area (Å²) in [7, 11) is 0. The molecule has 1 aliphatic rings. The molecule has 0 radical (unpaired) electrons. The van der Waals surface area contributed by atoms with Crippen molar-refractivity contribution in [1.82, 2.24) is 4.90 Å². The fraction of sp³-hybridized carbons (Fsp3) is 0.304. The summed E-state index contributed by atoms with van der Waals surface area (Å²) in [6, 6.07) is 12.2. The normalized spacial score (nSPS) is 16.1. The van der Waals surface area contributed by atoms with Crippen molar-refractivity contribution in [1.29, 1.82) is 0 Å². The highest BCUT2D eigenvalue weighted by Crippen LogP contribution is 2.39. The monoisotopic (exact) mass is 395 g/mol. The van der Waals surface area contributed by atoms with Crippen molar-refractivity contribution >= 4 is 16.9 Å². The van der Waals surface area contributed by atoms with E-state index in [9.17, 15) is 14.0 Å². The minimum absolute atomic E-state index is 0.00766. The molecule has 1 aromatic heterocycles. The fourth-order valence-corrected chi connectivity index (χ4v) is 3.77. The molecule has 1 amide bonds. The van der Waals surface area contributed by atoms with Crippen LogP contribution in [0.25, 0.3) is 11.0 Å². The van der Waals surface area contributed by atoms with Gasteiger partial charge in [0.15, 0.2) is 5.43 Å². The Hall–Kier alpha value is -2.99. The van der Waals surface area contributed by atoms with Crippen molar-refractivity contribution in [3.63, 3.8) is 0 Å². The topological polar surface area (TPSA) is 59.8 Å². The molecule has 150 valence electrons. The second-order valence-electron chi connectivity index (χ2n) is 7.37. The lowest BCUT2D eigenvalue weighted by atomic mass is 9.98. The van der Waals surface area contributed by atoms with Crippen LogP contribution in [-0.4, -0.2) is 30.1 Å². The molecule has 1 aliphatic heterocycles. The van der Waals surface area contributed by atoms with Gasteiger partial charge in [-0.25, -0.2) is 4.39 Å². The molecular formula is C23H22FNO4. The van der Waals surface area contributed by atoms with Crippen LogP contribution in [-0.2, 0) is 4.74 Å². The SMILES string of the molecule is CC(C)OCCCN1C(=O)c2oc3ccccc3c(=O)c2[C@@H]1c1ccccc1F. The standard InChI is InChI=1S/C23H22FNO4/c1-14(2)28-13-7-12-25-20(15-8-3-5-10-17(15)24)19-21(26)16-9-4-6-11-18(16)29-22(19)23(25)27/h3-6,8-11,14,20H,7,12-13H2,1-2H3/t20-/m0/s1. The van der Waals surface area contributed by atoms with Crippen molar-refractivity contribution < 1.29 is 18.3 Å². The maximum atomic E-state index is 14.7. The summed E-state index contributed by atoms with van der Waals surface area (Å²) in [6.07, 6.45) is 0.647. The maximum Gasteiger partial charge on any atom is 0.290 e. The molecule has 29 heavy (non-hydrogen) atoms. The third kappa shape index (κ3) is 3.44. The van der Waals surface area contributed by atoms with E-state index in [-0.39, 0.29) is 28.4 Å². The van der Waals surface area contributed by atoms with Crippen LogP contribution in [0.4, 0.5) is 4.39 Å². The van der Waals surface area contributed by atoms with Crippen LogP contribution in [0.15, 0.2) is 57.7 Å². The molecule has 2 aromatic carbocycles. The Morgan fingerprint density at radius 1 is 1.10 bits per heavy atom. The largest absolute Gasteiger partial charge is 0.450 e. The van der Waals surface area contributed by atoms with Crippen molar-refractivity contribution in [2.75, 3.05) is 13.2 Å². The van der Waals surface area contributed by atoms with Crippen LogP contribution >= 0.6 is 0 Å². The Morgan fingerprint density at radius 3 is 2.59 bits per heavy atom. The van der Waals surface area contributed by atoms with Gasteiger partial charge in [0.2, 0.25) is 5.76 Å². The summed E-state index contributed by atoms with van der Waals surface area (Å²) in [4.78, 5) is 27.9. The molecule has 0 fully saturated rings. The predicted molar refractivity (Wildman–Crippen MR) is 107 cm³/mol. The number of benzene rings is 2. The van der Waals surface area contributed by atoms with Crippen molar-refractivity contribution in [3.05, 3.63) is 81.5 Å². The smallest absolute Gasteiger partial charge is 0.290 e. The number of halogens is 1. The Balaban J connectivity index is 1.82. The molecule has 3 aromatic rings. The van der Waals surface area contributed by atoms with Crippen LogP contribution in [0, 0.1) is 5.82 Å². The Labute approximate surface area is 167 Å². The predicted octanol–water partition coefficient (Wildman–Crippen LogP) is 4.29. The maximum absolute atomic E-state index is 14.7. The zero-order chi connectivity index (χ0) is 20.5. The van der Waals surface area contributed by atoms with Gasteiger partial charge >= 0.3 is 0 Å². The molecule has 5 nitrogen and oxygen atoms in total. The summed E-state index contributed by atoms with van der Waals surface area (Å²) in [6.45, 7) is 4.66. The van der Waals surface area contributed by atoms with Crippen molar-refractivity contribution in [3.8, 4) is 0 Å². The minimum Gasteiger partial charge on any atom is -0.450 e. The number of rotatable bonds is 6. The highest BCUT2D eigenvalue weighted by Gasteiger charge is 2.43. The average Bonchev–Trinajstić information content (AvgIpc) is 2.98. The highest BCUT2D eigenvalue weighted by atomic mass is 19.1. The van der Waals surface area contributed by atoms with Gasteiger partial charge < -0.3 is 14.1 Å². The quantitative estimate of drug-likeness (QED) is 0.584. The Kier molecular flexibility index (Phi) is 5.20. The van der Waals surface area contributed by atoms with E-state index in [4.69, 9.17) is 9.15 Å². The highest BCUT2D eigenvalue weighted by molar-refractivity contribution is 5.99. The van der Waals surface area contributed by atoms with Gasteiger partial charge in [-0.3, -0.25) is 9.59 Å². The van der Waals surface area contributed by atoms with Gasteiger partial charge in [-0.05, 0) is 38.5 Å². The zero-order valence-electron chi connectivity index (χ0n) is 16.4. The van der Waals surface area contributed by atoms with Gasteiger partial charge in [-0.2, -0.15) is 0 Å². The van der Waals surface area contributed by atoms with Gasteiger partial charge in [0.05, 0.1) is 23.1 Å². The van der Waals surface area contributed by atoms with E-state index < -0.39 is 17.8 Å². The van der Waals surface area contributed by atoms with E-state index in [1.807, 2.05) is 13.8 Å². The Bertz CT molecular complexity index is 1120. The van der Waals surface area contributed by atoms with Crippen molar-refractivity contribution in [2.45, 2.75) is 32.4 Å². The second kappa shape index (κ2) is 7.79. The molecular weight excluding hydrogens is 373 g/mol. The lowest BCUT2D eigenvalue weighted by Crippen LogP contribution is -2.32. The molecule has 6 heteroatoms. The Morgan fingerprint density at radius 2 is 1.83 bits per heavy atom. The molecule has 0 bridgehead atoms. The van der Waals surface area contributed by atoms with E-state index in [2.05, 4.69) is 0 Å². The number of fused-ring (bicyclic) bond motifs is 2. The van der Waals surface area contributed by atoms with Crippen LogP contribution in [0.1, 0.15) is 48.0 Å². The number of carbonyl (C=O) groups is 1. The van der Waals surface area contributed by atoms with Gasteiger partial charge in [0, 0.05) is 18.7 Å². The lowest BCUT2D eigenvalue weighted by Gasteiger charge is -2.25. The molecule has 0 N–H and O–H groups in total. The summed E-state index contributed by atoms with van der Waals surface area (Å²) < 4.78 is 26.1. The van der Waals surface area contributed by atoms with E-state index in [1.165, 1.54) is 11.0 Å². The van der Waals surface area contributed by atoms with E-state index in [0.717, 1.165) is 0 Å². The number of amides is 1. The van der Waals surface area contributed by atoms with Gasteiger partial charge in [-0.15, -0.1) is 0 Å². The second-order valence-corrected chi connectivity index (χ2v) is 7.37. The summed E-state index contributed by atoms with van der Waals surface area (Å²) in [5, 5.41) is 0.380. The summed E-state index contributed by atoms with van der Waals surface area (Å²) >= 11 is 0. The van der Waals surface area contributed by atoms with Gasteiger partial charge in [-0.1, -0.05) is 30.3 Å². The number of para-hydroxylation sites is 1. The molecule has 0 unspecified atom stereocenters. The minimum atomic E-state index is -0.821. The van der Waals surface area contributed by atoms with Crippen LogP contribution in [0.5, 0.6) is 0 Å². The molecule has 0 spiro atoms. The molecule has 0 saturated carbocycles. The van der Waals surface area contributed by atoms with Crippen molar-refractivity contribution in [2.24, 2.45) is 0 Å². The number of hydrogen-bond acceptors (Lipinski definition) is 4. The third-order valence-electron chi connectivity index (χ3n) is 5.07. The lowest BCUT2D eigenvalue weighted by molar-refractivity contribution is 0.0592. The first-order chi connectivity index (χ1) is 14.0. The number of ether oxygens (including phenoxy) is 1. The fourth-order valence-electron chi connectivity index (χ4n) is 3.77. The van der Waals surface area contributed by atoms with Crippen LogP contribution in [0.3, 0.4) is 0 Å². The number of nitrogens with zero attached hydrogens (tertiary/aromatic N) is 1. The van der Waals surface area contributed by atoms with Crippen LogP contribution in [0.2, 0.25) is 0 Å². The van der Waals surface area contributed by atoms with Crippen LogP contribution < -0.4 is 5.43 Å². The van der Waals surface area contributed by atoms with E-state index >= 15 is 0 Å². The molecule has 1 atom stereocenters. The van der Waals surface area contributed by atoms with E-state index in [1.54, 1.807) is 42.5 Å². The average molecular weight is 395 g/mol. The third-order valence-corrected chi connectivity index (χ3v) is 5.07. The zero-order valence-corrected chi connectivity index (χ0v) is 16.4. The number of carbonyl (C=O) groups excluding carboxylic acids is 1.